The third-order valence-electron chi connectivity index (χ3n) is 2.91. The fourth-order valence-electron chi connectivity index (χ4n) is 1.98. The smallest absolute Gasteiger partial charge is 0.326 e. The summed E-state index contributed by atoms with van der Waals surface area (Å²) in [5.41, 5.74) is -0.645. The maximum atomic E-state index is 12.1. The molecule has 0 aliphatic heterocycles. The predicted molar refractivity (Wildman–Crippen MR) is 81.5 cm³/mol. The lowest BCUT2D eigenvalue weighted by Gasteiger charge is -2.31. The molecule has 2 N–H and O–H groups in total. The zero-order chi connectivity index (χ0) is 14.9. The molecule has 114 valence electrons. The second kappa shape index (κ2) is 9.61. The maximum absolute atomic E-state index is 12.1. The fourth-order valence-corrected chi connectivity index (χ4v) is 3.29. The van der Waals surface area contributed by atoms with Gasteiger partial charge in [-0.3, -0.25) is 4.79 Å². The van der Waals surface area contributed by atoms with Crippen LogP contribution in [0.3, 0.4) is 0 Å². The van der Waals surface area contributed by atoms with E-state index in [0.717, 1.165) is 13.0 Å². The Hall–Kier alpha value is -0.260. The molecular formula is C14H29NO3S. The van der Waals surface area contributed by atoms with Crippen LogP contribution in [-0.4, -0.2) is 46.9 Å². The highest BCUT2D eigenvalue weighted by molar-refractivity contribution is 8.00. The van der Waals surface area contributed by atoms with Crippen molar-refractivity contribution in [3.05, 3.63) is 0 Å². The van der Waals surface area contributed by atoms with E-state index in [-0.39, 0.29) is 23.1 Å². The van der Waals surface area contributed by atoms with Crippen LogP contribution in [0.25, 0.3) is 0 Å². The topological polar surface area (TPSA) is 58.6 Å². The maximum Gasteiger partial charge on any atom is 0.326 e. The average Bonchev–Trinajstić information content (AvgIpc) is 2.36. The summed E-state index contributed by atoms with van der Waals surface area (Å²) in [6.45, 7) is 11.2. The van der Waals surface area contributed by atoms with Crippen molar-refractivity contribution in [3.8, 4) is 0 Å². The van der Waals surface area contributed by atoms with Crippen molar-refractivity contribution < 1.29 is 14.6 Å². The molecular weight excluding hydrogens is 262 g/mol. The van der Waals surface area contributed by atoms with Crippen molar-refractivity contribution in [1.82, 2.24) is 5.32 Å². The van der Waals surface area contributed by atoms with Crippen LogP contribution in [0.4, 0.5) is 0 Å². The molecule has 0 heterocycles. The fraction of sp³-hybridized carbons (Fsp3) is 0.929. The number of carbonyl (C=O) groups excluding carboxylic acids is 1. The van der Waals surface area contributed by atoms with Gasteiger partial charge < -0.3 is 15.2 Å². The van der Waals surface area contributed by atoms with Gasteiger partial charge >= 0.3 is 5.97 Å². The van der Waals surface area contributed by atoms with E-state index in [2.05, 4.69) is 19.2 Å². The second-order valence-corrected chi connectivity index (χ2v) is 7.01. The van der Waals surface area contributed by atoms with Crippen LogP contribution in [-0.2, 0) is 9.53 Å². The minimum absolute atomic E-state index is 0.160. The van der Waals surface area contributed by atoms with Crippen molar-refractivity contribution in [3.63, 3.8) is 0 Å². The SMILES string of the molecule is CCCNC(C)(CC(C)SC(C)CO)C(=O)OCC. The monoisotopic (exact) mass is 291 g/mol. The zero-order valence-corrected chi connectivity index (χ0v) is 13.7. The van der Waals surface area contributed by atoms with Gasteiger partial charge in [0, 0.05) is 10.5 Å². The first-order valence-electron chi connectivity index (χ1n) is 7.08. The van der Waals surface area contributed by atoms with Crippen molar-refractivity contribution in [2.75, 3.05) is 19.8 Å². The van der Waals surface area contributed by atoms with Crippen molar-refractivity contribution in [2.24, 2.45) is 0 Å². The van der Waals surface area contributed by atoms with E-state index < -0.39 is 5.54 Å². The Morgan fingerprint density at radius 1 is 1.37 bits per heavy atom. The van der Waals surface area contributed by atoms with Gasteiger partial charge in [0.2, 0.25) is 0 Å². The van der Waals surface area contributed by atoms with Gasteiger partial charge in [0.15, 0.2) is 0 Å². The molecule has 3 unspecified atom stereocenters. The van der Waals surface area contributed by atoms with E-state index in [1.54, 1.807) is 11.8 Å². The summed E-state index contributed by atoms with van der Waals surface area (Å²) < 4.78 is 5.18. The second-order valence-electron chi connectivity index (χ2n) is 5.12. The summed E-state index contributed by atoms with van der Waals surface area (Å²) in [4.78, 5) is 12.1. The van der Waals surface area contributed by atoms with E-state index in [1.807, 2.05) is 20.8 Å². The van der Waals surface area contributed by atoms with E-state index >= 15 is 0 Å². The van der Waals surface area contributed by atoms with E-state index in [9.17, 15) is 4.79 Å². The number of ether oxygens (including phenoxy) is 1. The van der Waals surface area contributed by atoms with E-state index in [0.29, 0.717) is 13.0 Å². The van der Waals surface area contributed by atoms with E-state index in [4.69, 9.17) is 9.84 Å². The summed E-state index contributed by atoms with van der Waals surface area (Å²) >= 11 is 1.70. The first kappa shape index (κ1) is 18.7. The first-order chi connectivity index (χ1) is 8.89. The molecule has 0 spiro atoms. The summed E-state index contributed by atoms with van der Waals surface area (Å²) in [6.07, 6.45) is 1.67. The largest absolute Gasteiger partial charge is 0.465 e. The molecule has 5 heteroatoms. The van der Waals surface area contributed by atoms with E-state index in [1.165, 1.54) is 0 Å². The minimum atomic E-state index is -0.645. The quantitative estimate of drug-likeness (QED) is 0.604. The van der Waals surface area contributed by atoms with Gasteiger partial charge in [-0.1, -0.05) is 20.8 Å². The molecule has 0 bridgehead atoms. The van der Waals surface area contributed by atoms with Crippen LogP contribution >= 0.6 is 11.8 Å². The highest BCUT2D eigenvalue weighted by Gasteiger charge is 2.35. The Morgan fingerprint density at radius 2 is 2.00 bits per heavy atom. The number of hydrogen-bond donors (Lipinski definition) is 2. The van der Waals surface area contributed by atoms with Gasteiger partial charge in [0.05, 0.1) is 13.2 Å². The molecule has 0 aliphatic carbocycles. The number of carbonyl (C=O) groups is 1. The number of esters is 1. The van der Waals surface area contributed by atoms with Crippen LogP contribution in [0, 0.1) is 0 Å². The van der Waals surface area contributed by atoms with Gasteiger partial charge in [-0.05, 0) is 33.2 Å². The summed E-state index contributed by atoms with van der Waals surface area (Å²) in [6, 6.07) is 0. The Bertz CT molecular complexity index is 263. The number of aliphatic hydroxyl groups excluding tert-OH is 1. The lowest BCUT2D eigenvalue weighted by atomic mass is 9.96. The van der Waals surface area contributed by atoms with Crippen LogP contribution in [0.5, 0.6) is 0 Å². The molecule has 3 atom stereocenters. The molecule has 4 nitrogen and oxygen atoms in total. The number of thioether (sulfide) groups is 1. The summed E-state index contributed by atoms with van der Waals surface area (Å²) in [5.74, 6) is -0.187. The van der Waals surface area contributed by atoms with Crippen molar-refractivity contribution in [2.45, 2.75) is 63.5 Å². The molecule has 19 heavy (non-hydrogen) atoms. The number of aliphatic hydroxyl groups is 1. The zero-order valence-electron chi connectivity index (χ0n) is 12.9. The molecule has 0 aromatic carbocycles. The Morgan fingerprint density at radius 3 is 2.47 bits per heavy atom. The van der Waals surface area contributed by atoms with Crippen LogP contribution in [0.15, 0.2) is 0 Å². The van der Waals surface area contributed by atoms with Crippen LogP contribution in [0.1, 0.15) is 47.5 Å². The molecule has 0 saturated carbocycles. The molecule has 0 amide bonds. The molecule has 0 rings (SSSR count). The highest BCUT2D eigenvalue weighted by atomic mass is 32.2. The minimum Gasteiger partial charge on any atom is -0.465 e. The lowest BCUT2D eigenvalue weighted by molar-refractivity contribution is -0.150. The van der Waals surface area contributed by atoms with Crippen LogP contribution in [0.2, 0.25) is 0 Å². The van der Waals surface area contributed by atoms with Crippen molar-refractivity contribution in [1.29, 1.82) is 0 Å². The van der Waals surface area contributed by atoms with Gasteiger partial charge in [-0.25, -0.2) is 0 Å². The molecule has 0 fully saturated rings. The van der Waals surface area contributed by atoms with Gasteiger partial charge in [-0.2, -0.15) is 11.8 Å². The molecule has 0 aromatic rings. The Balaban J connectivity index is 4.60. The Kier molecular flexibility index (Phi) is 9.48. The number of nitrogens with one attached hydrogen (secondary N) is 1. The predicted octanol–water partition coefficient (Wildman–Crippen LogP) is 2.20. The van der Waals surface area contributed by atoms with Crippen LogP contribution < -0.4 is 5.32 Å². The van der Waals surface area contributed by atoms with Gasteiger partial charge in [-0.15, -0.1) is 0 Å². The summed E-state index contributed by atoms with van der Waals surface area (Å²) in [7, 11) is 0. The standard InChI is InChI=1S/C14H29NO3S/c1-6-8-15-14(5,13(17)18-7-2)9-11(3)19-12(4)10-16/h11-12,15-16H,6-10H2,1-5H3. The third kappa shape index (κ3) is 7.18. The lowest BCUT2D eigenvalue weighted by Crippen LogP contribution is -2.52. The molecule has 0 aromatic heterocycles. The molecule has 0 saturated heterocycles. The van der Waals surface area contributed by atoms with Gasteiger partial charge in [0.25, 0.3) is 0 Å². The first-order valence-corrected chi connectivity index (χ1v) is 8.02. The number of hydrogen-bond acceptors (Lipinski definition) is 5. The van der Waals surface area contributed by atoms with Crippen molar-refractivity contribution >= 4 is 17.7 Å². The average molecular weight is 291 g/mol. The molecule has 0 radical (unpaired) electrons. The van der Waals surface area contributed by atoms with Gasteiger partial charge in [0.1, 0.15) is 5.54 Å². The number of rotatable bonds is 10. The Labute approximate surface area is 121 Å². The third-order valence-corrected chi connectivity index (χ3v) is 4.15. The molecule has 0 aliphatic rings. The highest BCUT2D eigenvalue weighted by Crippen LogP contribution is 2.26. The summed E-state index contributed by atoms with van der Waals surface area (Å²) in [5, 5.41) is 12.9. The normalized spacial score (nSPS) is 17.6.